The molecule has 0 bridgehead atoms. The van der Waals surface area contributed by atoms with E-state index < -0.39 is 0 Å². The molecule has 0 spiro atoms. The molecule has 0 N–H and O–H groups in total. The SMILES string of the molecule is C/N=C\c1ccc(C(=O)N2CCCCC2)s1. The van der Waals surface area contributed by atoms with Crippen molar-refractivity contribution in [3.63, 3.8) is 0 Å². The van der Waals surface area contributed by atoms with Gasteiger partial charge in [0, 0.05) is 31.2 Å². The van der Waals surface area contributed by atoms with Crippen molar-refractivity contribution in [3.8, 4) is 0 Å². The van der Waals surface area contributed by atoms with Gasteiger partial charge in [-0.15, -0.1) is 11.3 Å². The molecule has 1 aliphatic rings. The third-order valence-corrected chi connectivity index (χ3v) is 3.74. The second kappa shape index (κ2) is 5.25. The van der Waals surface area contributed by atoms with Crippen LogP contribution in [-0.4, -0.2) is 37.2 Å². The molecule has 0 saturated carbocycles. The average molecular weight is 236 g/mol. The first-order valence-electron chi connectivity index (χ1n) is 5.62. The van der Waals surface area contributed by atoms with Crippen molar-refractivity contribution in [1.82, 2.24) is 4.90 Å². The quantitative estimate of drug-likeness (QED) is 0.726. The van der Waals surface area contributed by atoms with Crippen LogP contribution in [0.5, 0.6) is 0 Å². The zero-order valence-electron chi connectivity index (χ0n) is 9.48. The predicted molar refractivity (Wildman–Crippen MR) is 67.6 cm³/mol. The second-order valence-corrected chi connectivity index (χ2v) is 5.06. The van der Waals surface area contributed by atoms with E-state index in [4.69, 9.17) is 0 Å². The van der Waals surface area contributed by atoms with Crippen molar-refractivity contribution in [1.29, 1.82) is 0 Å². The van der Waals surface area contributed by atoms with Gasteiger partial charge in [-0.1, -0.05) is 0 Å². The van der Waals surface area contributed by atoms with Gasteiger partial charge in [-0.05, 0) is 31.4 Å². The van der Waals surface area contributed by atoms with E-state index in [1.165, 1.54) is 17.8 Å². The Morgan fingerprint density at radius 1 is 1.38 bits per heavy atom. The summed E-state index contributed by atoms with van der Waals surface area (Å²) in [6, 6.07) is 3.85. The highest BCUT2D eigenvalue weighted by Gasteiger charge is 2.19. The number of carbonyl (C=O) groups excluding carboxylic acids is 1. The highest BCUT2D eigenvalue weighted by Crippen LogP contribution is 2.19. The number of rotatable bonds is 2. The van der Waals surface area contributed by atoms with Gasteiger partial charge in [-0.3, -0.25) is 9.79 Å². The fraction of sp³-hybridized carbons (Fsp3) is 0.500. The molecular weight excluding hydrogens is 220 g/mol. The highest BCUT2D eigenvalue weighted by atomic mass is 32.1. The largest absolute Gasteiger partial charge is 0.338 e. The Morgan fingerprint density at radius 3 is 2.81 bits per heavy atom. The Labute approximate surface area is 99.8 Å². The van der Waals surface area contributed by atoms with Gasteiger partial charge in [-0.2, -0.15) is 0 Å². The van der Waals surface area contributed by atoms with Crippen LogP contribution in [0.3, 0.4) is 0 Å². The van der Waals surface area contributed by atoms with Crippen molar-refractivity contribution >= 4 is 23.5 Å². The van der Waals surface area contributed by atoms with E-state index in [9.17, 15) is 4.79 Å². The first-order valence-corrected chi connectivity index (χ1v) is 6.44. The molecule has 1 aromatic heterocycles. The van der Waals surface area contributed by atoms with E-state index in [0.717, 1.165) is 35.7 Å². The summed E-state index contributed by atoms with van der Waals surface area (Å²) >= 11 is 1.52. The number of likely N-dealkylation sites (tertiary alicyclic amines) is 1. The smallest absolute Gasteiger partial charge is 0.263 e. The van der Waals surface area contributed by atoms with Gasteiger partial charge < -0.3 is 4.90 Å². The normalized spacial score (nSPS) is 16.9. The van der Waals surface area contributed by atoms with Gasteiger partial charge in [0.25, 0.3) is 5.91 Å². The molecule has 4 heteroatoms. The number of amides is 1. The summed E-state index contributed by atoms with van der Waals surface area (Å²) in [6.07, 6.45) is 5.32. The van der Waals surface area contributed by atoms with E-state index in [1.807, 2.05) is 17.0 Å². The summed E-state index contributed by atoms with van der Waals surface area (Å²) in [7, 11) is 1.74. The van der Waals surface area contributed by atoms with E-state index in [1.54, 1.807) is 13.3 Å². The summed E-state index contributed by atoms with van der Waals surface area (Å²) in [4.78, 5) is 19.9. The first-order chi connectivity index (χ1) is 7.81. The Balaban J connectivity index is 2.07. The van der Waals surface area contributed by atoms with Crippen LogP contribution in [0.4, 0.5) is 0 Å². The molecule has 1 aromatic rings. The maximum Gasteiger partial charge on any atom is 0.263 e. The maximum atomic E-state index is 12.1. The number of hydrogen-bond acceptors (Lipinski definition) is 3. The lowest BCUT2D eigenvalue weighted by molar-refractivity contribution is 0.0729. The van der Waals surface area contributed by atoms with Crippen LogP contribution in [0.1, 0.15) is 33.8 Å². The van der Waals surface area contributed by atoms with Crippen molar-refractivity contribution < 1.29 is 4.79 Å². The minimum atomic E-state index is 0.181. The lowest BCUT2D eigenvalue weighted by atomic mass is 10.1. The Morgan fingerprint density at radius 2 is 2.12 bits per heavy atom. The molecule has 1 fully saturated rings. The fourth-order valence-electron chi connectivity index (χ4n) is 1.92. The molecular formula is C12H16N2OS. The molecule has 16 heavy (non-hydrogen) atoms. The van der Waals surface area contributed by atoms with Crippen LogP contribution in [0.2, 0.25) is 0 Å². The molecule has 0 unspecified atom stereocenters. The lowest BCUT2D eigenvalue weighted by Gasteiger charge is -2.26. The fourth-order valence-corrected chi connectivity index (χ4v) is 2.82. The van der Waals surface area contributed by atoms with Gasteiger partial charge >= 0.3 is 0 Å². The Kier molecular flexibility index (Phi) is 3.72. The summed E-state index contributed by atoms with van der Waals surface area (Å²) in [5, 5.41) is 0. The van der Waals surface area contributed by atoms with E-state index in [0.29, 0.717) is 0 Å². The molecule has 0 atom stereocenters. The topological polar surface area (TPSA) is 32.7 Å². The van der Waals surface area contributed by atoms with Crippen LogP contribution in [-0.2, 0) is 0 Å². The monoisotopic (exact) mass is 236 g/mol. The summed E-state index contributed by atoms with van der Waals surface area (Å²) < 4.78 is 0. The molecule has 0 radical (unpaired) electrons. The van der Waals surface area contributed by atoms with Crippen LogP contribution in [0.25, 0.3) is 0 Å². The van der Waals surface area contributed by atoms with Gasteiger partial charge in [0.05, 0.1) is 4.88 Å². The van der Waals surface area contributed by atoms with Crippen molar-refractivity contribution in [3.05, 3.63) is 21.9 Å². The van der Waals surface area contributed by atoms with Gasteiger partial charge in [0.15, 0.2) is 0 Å². The number of thiophene rings is 1. The van der Waals surface area contributed by atoms with Crippen molar-refractivity contribution in [2.75, 3.05) is 20.1 Å². The number of piperidine rings is 1. The molecule has 86 valence electrons. The summed E-state index contributed by atoms with van der Waals surface area (Å²) in [5.74, 6) is 0.181. The molecule has 2 rings (SSSR count). The molecule has 0 aliphatic carbocycles. The van der Waals surface area contributed by atoms with Crippen LogP contribution >= 0.6 is 11.3 Å². The number of hydrogen-bond donors (Lipinski definition) is 0. The molecule has 1 aliphatic heterocycles. The number of carbonyl (C=O) groups is 1. The third-order valence-electron chi connectivity index (χ3n) is 2.74. The standard InChI is InChI=1S/C12H16N2OS/c1-13-9-10-5-6-11(16-10)12(15)14-7-3-2-4-8-14/h5-6,9H,2-4,7-8H2,1H3/b13-9-. The third kappa shape index (κ3) is 2.50. The zero-order chi connectivity index (χ0) is 11.4. The number of aliphatic imine (C=N–C) groups is 1. The average Bonchev–Trinajstić information content (AvgIpc) is 2.78. The highest BCUT2D eigenvalue weighted by molar-refractivity contribution is 7.15. The Bertz CT molecular complexity index is 391. The minimum absolute atomic E-state index is 0.181. The minimum Gasteiger partial charge on any atom is -0.338 e. The van der Waals surface area contributed by atoms with E-state index in [-0.39, 0.29) is 5.91 Å². The molecule has 0 aromatic carbocycles. The molecule has 1 saturated heterocycles. The van der Waals surface area contributed by atoms with Crippen molar-refractivity contribution in [2.24, 2.45) is 4.99 Å². The zero-order valence-corrected chi connectivity index (χ0v) is 10.3. The first kappa shape index (κ1) is 11.3. The summed E-state index contributed by atoms with van der Waals surface area (Å²) in [5.41, 5.74) is 0. The molecule has 2 heterocycles. The Hall–Kier alpha value is -1.16. The molecule has 3 nitrogen and oxygen atoms in total. The van der Waals surface area contributed by atoms with Crippen molar-refractivity contribution in [2.45, 2.75) is 19.3 Å². The number of nitrogens with zero attached hydrogens (tertiary/aromatic N) is 2. The van der Waals surface area contributed by atoms with E-state index >= 15 is 0 Å². The van der Waals surface area contributed by atoms with Crippen LogP contribution in [0, 0.1) is 0 Å². The predicted octanol–water partition coefficient (Wildman–Crippen LogP) is 2.42. The van der Waals surface area contributed by atoms with Crippen LogP contribution in [0.15, 0.2) is 17.1 Å². The van der Waals surface area contributed by atoms with Gasteiger partial charge in [0.2, 0.25) is 0 Å². The second-order valence-electron chi connectivity index (χ2n) is 3.94. The van der Waals surface area contributed by atoms with Gasteiger partial charge in [0.1, 0.15) is 0 Å². The van der Waals surface area contributed by atoms with Gasteiger partial charge in [-0.25, -0.2) is 0 Å². The van der Waals surface area contributed by atoms with E-state index in [2.05, 4.69) is 4.99 Å². The van der Waals surface area contributed by atoms with Crippen LogP contribution < -0.4 is 0 Å². The summed E-state index contributed by atoms with van der Waals surface area (Å²) in [6.45, 7) is 1.82. The maximum absolute atomic E-state index is 12.1. The molecule has 1 amide bonds. The lowest BCUT2D eigenvalue weighted by Crippen LogP contribution is -2.35.